The Hall–Kier alpha value is -3.07. The van der Waals surface area contributed by atoms with Crippen LogP contribution < -0.4 is 4.74 Å². The van der Waals surface area contributed by atoms with Crippen LogP contribution in [0.15, 0.2) is 66.7 Å². The quantitative estimate of drug-likeness (QED) is 0.575. The third kappa shape index (κ3) is 4.04. The lowest BCUT2D eigenvalue weighted by Crippen LogP contribution is -2.32. The molecule has 0 aliphatic carbocycles. The topological polar surface area (TPSA) is 46.5 Å². The maximum Gasteiger partial charge on any atom is 0.335 e. The van der Waals surface area contributed by atoms with Crippen molar-refractivity contribution < 1.29 is 14.6 Å². The van der Waals surface area contributed by atoms with Gasteiger partial charge in [-0.1, -0.05) is 56.3 Å². The Kier molecular flexibility index (Phi) is 4.91. The Balaban J connectivity index is 1.52. The van der Waals surface area contributed by atoms with Gasteiger partial charge in [0.25, 0.3) is 0 Å². The summed E-state index contributed by atoms with van der Waals surface area (Å²) < 4.78 is 6.34. The molecule has 1 atom stereocenters. The highest BCUT2D eigenvalue weighted by Gasteiger charge is 2.35. The number of carboxylic acid groups (broad SMARTS) is 1. The molecule has 29 heavy (non-hydrogen) atoms. The van der Waals surface area contributed by atoms with Gasteiger partial charge < -0.3 is 9.84 Å². The van der Waals surface area contributed by atoms with Crippen molar-refractivity contribution in [3.8, 4) is 16.9 Å². The van der Waals surface area contributed by atoms with Crippen LogP contribution in [-0.2, 0) is 12.8 Å². The summed E-state index contributed by atoms with van der Waals surface area (Å²) in [6.45, 7) is 6.59. The summed E-state index contributed by atoms with van der Waals surface area (Å²) in [6.07, 6.45) is 1.72. The van der Waals surface area contributed by atoms with Crippen molar-refractivity contribution in [2.45, 2.75) is 45.1 Å². The zero-order valence-corrected chi connectivity index (χ0v) is 17.1. The number of hydrogen-bond acceptors (Lipinski definition) is 2. The molecule has 3 heteroatoms. The van der Waals surface area contributed by atoms with Crippen LogP contribution in [-0.4, -0.2) is 16.7 Å². The summed E-state index contributed by atoms with van der Waals surface area (Å²) in [5.41, 5.74) is 5.97. The van der Waals surface area contributed by atoms with E-state index in [9.17, 15) is 4.79 Å². The van der Waals surface area contributed by atoms with Crippen molar-refractivity contribution in [2.75, 3.05) is 0 Å². The molecule has 1 aliphatic rings. The molecule has 0 spiro atoms. The van der Waals surface area contributed by atoms with E-state index in [-0.39, 0.29) is 5.60 Å². The average Bonchev–Trinajstić information content (AvgIpc) is 3.03. The number of hydrogen-bond donors (Lipinski definition) is 1. The molecule has 3 aromatic rings. The van der Waals surface area contributed by atoms with E-state index in [1.54, 1.807) is 12.1 Å². The van der Waals surface area contributed by atoms with E-state index in [0.29, 0.717) is 11.5 Å². The number of carboxylic acids is 1. The lowest BCUT2D eigenvalue weighted by Gasteiger charge is -2.24. The molecule has 1 N–H and O–H groups in total. The molecule has 3 nitrogen and oxygen atoms in total. The molecule has 0 fully saturated rings. The fourth-order valence-corrected chi connectivity index (χ4v) is 4.06. The van der Waals surface area contributed by atoms with E-state index in [2.05, 4.69) is 51.1 Å². The number of carbonyl (C=O) groups is 1. The zero-order chi connectivity index (χ0) is 20.6. The molecular formula is C26H26O3. The van der Waals surface area contributed by atoms with Crippen molar-refractivity contribution in [3.05, 3.63) is 89.0 Å². The van der Waals surface area contributed by atoms with E-state index in [0.717, 1.165) is 29.7 Å². The average molecular weight is 386 g/mol. The summed E-state index contributed by atoms with van der Waals surface area (Å²) >= 11 is 0. The van der Waals surface area contributed by atoms with Crippen molar-refractivity contribution in [1.82, 2.24) is 0 Å². The highest BCUT2D eigenvalue weighted by molar-refractivity contribution is 5.88. The molecule has 0 amide bonds. The van der Waals surface area contributed by atoms with Gasteiger partial charge in [-0.05, 0) is 64.9 Å². The van der Waals surface area contributed by atoms with Gasteiger partial charge in [-0.15, -0.1) is 0 Å². The van der Waals surface area contributed by atoms with E-state index in [4.69, 9.17) is 9.84 Å². The van der Waals surface area contributed by atoms with E-state index < -0.39 is 5.97 Å². The largest absolute Gasteiger partial charge is 0.487 e. The molecule has 1 aliphatic heterocycles. The summed E-state index contributed by atoms with van der Waals surface area (Å²) in [5, 5.41) is 9.08. The number of aromatic carboxylic acids is 1. The minimum Gasteiger partial charge on any atom is -0.487 e. The minimum absolute atomic E-state index is 0.256. The SMILES string of the molecule is CC(C)c1ccc(CC2(C)Cc3cc(-c4ccc(C(=O)O)cc4)ccc3O2)cc1. The Labute approximate surface area is 172 Å². The van der Waals surface area contributed by atoms with Crippen LogP contribution in [0.5, 0.6) is 5.75 Å². The second kappa shape index (κ2) is 7.40. The first-order chi connectivity index (χ1) is 13.8. The molecule has 0 aromatic heterocycles. The summed E-state index contributed by atoms with van der Waals surface area (Å²) in [7, 11) is 0. The number of ether oxygens (including phenoxy) is 1. The smallest absolute Gasteiger partial charge is 0.335 e. The van der Waals surface area contributed by atoms with Crippen molar-refractivity contribution >= 4 is 5.97 Å². The lowest BCUT2D eigenvalue weighted by molar-refractivity contribution is 0.0697. The van der Waals surface area contributed by atoms with Crippen LogP contribution >= 0.6 is 0 Å². The van der Waals surface area contributed by atoms with Crippen molar-refractivity contribution in [1.29, 1.82) is 0 Å². The van der Waals surface area contributed by atoms with Gasteiger partial charge in [-0.2, -0.15) is 0 Å². The molecule has 0 bridgehead atoms. The van der Waals surface area contributed by atoms with Crippen LogP contribution in [0.2, 0.25) is 0 Å². The standard InChI is InChI=1S/C26H26O3/c1-17(2)19-6-4-18(5-7-19)15-26(3)16-23-14-22(12-13-24(23)29-26)20-8-10-21(11-9-20)25(27)28/h4-14,17H,15-16H2,1-3H3,(H,27,28). The first-order valence-electron chi connectivity index (χ1n) is 10.1. The van der Waals surface area contributed by atoms with Crippen molar-refractivity contribution in [3.63, 3.8) is 0 Å². The third-order valence-electron chi connectivity index (χ3n) is 5.67. The zero-order valence-electron chi connectivity index (χ0n) is 17.1. The molecule has 1 heterocycles. The monoisotopic (exact) mass is 386 g/mol. The van der Waals surface area contributed by atoms with E-state index >= 15 is 0 Å². The Bertz CT molecular complexity index is 1030. The summed E-state index contributed by atoms with van der Waals surface area (Å²) in [6, 6.07) is 22.1. The molecule has 148 valence electrons. The highest BCUT2D eigenvalue weighted by Crippen LogP contribution is 2.39. The van der Waals surface area contributed by atoms with Gasteiger partial charge in [0.2, 0.25) is 0 Å². The predicted molar refractivity (Wildman–Crippen MR) is 116 cm³/mol. The van der Waals surface area contributed by atoms with E-state index in [1.807, 2.05) is 24.3 Å². The van der Waals surface area contributed by atoms with Crippen LogP contribution in [0.3, 0.4) is 0 Å². The van der Waals surface area contributed by atoms with Gasteiger partial charge in [-0.3, -0.25) is 0 Å². The summed E-state index contributed by atoms with van der Waals surface area (Å²) in [4.78, 5) is 11.1. The van der Waals surface area contributed by atoms with Gasteiger partial charge in [0.1, 0.15) is 11.4 Å². The second-order valence-corrected chi connectivity index (χ2v) is 8.51. The molecule has 1 unspecified atom stereocenters. The Morgan fingerprint density at radius 1 is 1.00 bits per heavy atom. The maximum absolute atomic E-state index is 11.1. The van der Waals surface area contributed by atoms with Gasteiger partial charge in [-0.25, -0.2) is 4.79 Å². The highest BCUT2D eigenvalue weighted by atomic mass is 16.5. The molecule has 3 aromatic carbocycles. The lowest BCUT2D eigenvalue weighted by atomic mass is 9.90. The predicted octanol–water partition coefficient (Wildman–Crippen LogP) is 6.11. The fourth-order valence-electron chi connectivity index (χ4n) is 4.06. The molecule has 0 saturated carbocycles. The first kappa shape index (κ1) is 19.3. The second-order valence-electron chi connectivity index (χ2n) is 8.51. The van der Waals surface area contributed by atoms with Crippen LogP contribution in [0.4, 0.5) is 0 Å². The van der Waals surface area contributed by atoms with Crippen LogP contribution in [0.25, 0.3) is 11.1 Å². The first-order valence-corrected chi connectivity index (χ1v) is 10.1. The van der Waals surface area contributed by atoms with Gasteiger partial charge in [0.05, 0.1) is 5.56 Å². The molecule has 4 rings (SSSR count). The molecular weight excluding hydrogens is 360 g/mol. The fraction of sp³-hybridized carbons (Fsp3) is 0.269. The van der Waals surface area contributed by atoms with Crippen LogP contribution in [0, 0.1) is 0 Å². The van der Waals surface area contributed by atoms with E-state index in [1.165, 1.54) is 16.7 Å². The normalized spacial score (nSPS) is 17.8. The maximum atomic E-state index is 11.1. The Morgan fingerprint density at radius 3 is 2.28 bits per heavy atom. The molecule has 0 radical (unpaired) electrons. The van der Waals surface area contributed by atoms with Crippen molar-refractivity contribution in [2.24, 2.45) is 0 Å². The van der Waals surface area contributed by atoms with Gasteiger partial charge in [0.15, 0.2) is 0 Å². The van der Waals surface area contributed by atoms with Crippen LogP contribution in [0.1, 0.15) is 53.7 Å². The third-order valence-corrected chi connectivity index (χ3v) is 5.67. The number of benzene rings is 3. The minimum atomic E-state index is -0.906. The number of fused-ring (bicyclic) bond motifs is 1. The van der Waals surface area contributed by atoms with Gasteiger partial charge >= 0.3 is 5.97 Å². The molecule has 0 saturated heterocycles. The Morgan fingerprint density at radius 2 is 1.66 bits per heavy atom. The number of rotatable bonds is 5. The van der Waals surface area contributed by atoms with Gasteiger partial charge in [0, 0.05) is 12.8 Å². The summed E-state index contributed by atoms with van der Waals surface area (Å²) in [5.74, 6) is 0.572.